The van der Waals surface area contributed by atoms with E-state index in [1.54, 1.807) is 13.8 Å². The number of hydrogen-bond acceptors (Lipinski definition) is 7. The van der Waals surface area contributed by atoms with E-state index in [2.05, 4.69) is 32.6 Å². The van der Waals surface area contributed by atoms with Gasteiger partial charge in [0.15, 0.2) is 5.65 Å². The van der Waals surface area contributed by atoms with Crippen molar-refractivity contribution in [3.63, 3.8) is 0 Å². The second kappa shape index (κ2) is 6.20. The van der Waals surface area contributed by atoms with Gasteiger partial charge in [-0.1, -0.05) is 12.2 Å². The molecule has 20 heavy (non-hydrogen) atoms. The molecule has 2 aromatic rings. The van der Waals surface area contributed by atoms with Crippen LogP contribution in [0.15, 0.2) is 6.33 Å². The van der Waals surface area contributed by atoms with Gasteiger partial charge in [0.05, 0.1) is 6.33 Å². The summed E-state index contributed by atoms with van der Waals surface area (Å²) in [5.74, 6) is -0.732. The first-order valence-electron chi connectivity index (χ1n) is 5.52. The summed E-state index contributed by atoms with van der Waals surface area (Å²) < 4.78 is -0.115. The molecule has 8 nitrogen and oxygen atoms in total. The van der Waals surface area contributed by atoms with Gasteiger partial charge in [0.2, 0.25) is 5.95 Å². The van der Waals surface area contributed by atoms with Crippen LogP contribution in [-0.4, -0.2) is 41.8 Å². The highest BCUT2D eigenvalue weighted by molar-refractivity contribution is 7.81. The van der Waals surface area contributed by atoms with Crippen LogP contribution in [0.4, 0.5) is 5.95 Å². The van der Waals surface area contributed by atoms with Crippen LogP contribution in [0.1, 0.15) is 13.8 Å². The fraction of sp³-hybridized carbons (Fsp3) is 0.400. The number of rotatable bonds is 2. The minimum Gasteiger partial charge on any atom is -0.480 e. The fourth-order valence-corrected chi connectivity index (χ4v) is 1.53. The van der Waals surface area contributed by atoms with E-state index in [1.807, 2.05) is 0 Å². The number of aliphatic carboxylic acids is 1. The lowest BCUT2D eigenvalue weighted by atomic mass is 10.1. The molecule has 2 aromatic heterocycles. The highest BCUT2D eigenvalue weighted by Gasteiger charge is 2.27. The predicted molar refractivity (Wildman–Crippen MR) is 82.2 cm³/mol. The van der Waals surface area contributed by atoms with Crippen molar-refractivity contribution in [2.45, 2.75) is 24.6 Å². The highest BCUT2D eigenvalue weighted by Crippen LogP contribution is 2.15. The number of anilines is 1. The Hall–Kier alpha value is -1.65. The van der Waals surface area contributed by atoms with Gasteiger partial charge in [-0.2, -0.15) is 17.6 Å². The maximum absolute atomic E-state index is 10.2. The van der Waals surface area contributed by atoms with Crippen molar-refractivity contribution in [2.75, 3.05) is 5.73 Å². The molecule has 0 amide bonds. The summed E-state index contributed by atoms with van der Waals surface area (Å²) in [5.41, 5.74) is 11.9. The summed E-state index contributed by atoms with van der Waals surface area (Å²) in [5, 5.41) is 8.34. The quantitative estimate of drug-likeness (QED) is 0.353. The third-order valence-corrected chi connectivity index (χ3v) is 2.93. The highest BCUT2D eigenvalue weighted by atomic mass is 32.1. The predicted octanol–water partition coefficient (Wildman–Crippen LogP) is 0.704. The number of thiol groups is 1. The summed E-state index contributed by atoms with van der Waals surface area (Å²) in [6.45, 7) is 3.32. The van der Waals surface area contributed by atoms with Crippen molar-refractivity contribution in [3.8, 4) is 0 Å². The van der Waals surface area contributed by atoms with E-state index < -0.39 is 16.8 Å². The molecule has 0 aliphatic heterocycles. The second-order valence-corrected chi connectivity index (χ2v) is 6.08. The summed E-state index contributed by atoms with van der Waals surface area (Å²) >= 11 is 8.93. The summed E-state index contributed by atoms with van der Waals surface area (Å²) in [7, 11) is 0. The number of imidazole rings is 1. The Morgan fingerprint density at radius 3 is 2.65 bits per heavy atom. The van der Waals surface area contributed by atoms with Crippen LogP contribution >= 0.6 is 24.8 Å². The minimum atomic E-state index is -1.02. The molecule has 7 N–H and O–H groups in total. The van der Waals surface area contributed by atoms with Gasteiger partial charge in [-0.15, -0.1) is 0 Å². The first-order chi connectivity index (χ1) is 9.12. The van der Waals surface area contributed by atoms with Gasteiger partial charge < -0.3 is 26.5 Å². The fourth-order valence-electron chi connectivity index (χ4n) is 1.16. The van der Waals surface area contributed by atoms with Crippen LogP contribution in [0, 0.1) is 4.64 Å². The summed E-state index contributed by atoms with van der Waals surface area (Å²) in [4.78, 5) is 23.5. The normalized spacial score (nSPS) is 12.6. The zero-order valence-electron chi connectivity index (χ0n) is 10.9. The number of aromatic nitrogens is 4. The van der Waals surface area contributed by atoms with Crippen molar-refractivity contribution in [3.05, 3.63) is 11.0 Å². The van der Waals surface area contributed by atoms with Gasteiger partial charge >= 0.3 is 5.97 Å². The Bertz CT molecular complexity index is 660. The van der Waals surface area contributed by atoms with E-state index >= 15 is 0 Å². The lowest BCUT2D eigenvalue weighted by molar-refractivity contribution is -0.139. The number of nitrogens with two attached hydrogens (primary N) is 2. The molecule has 110 valence electrons. The van der Waals surface area contributed by atoms with Crippen molar-refractivity contribution >= 4 is 47.9 Å². The molecule has 0 bridgehead atoms. The number of aromatic amines is 2. The molecule has 0 saturated carbocycles. The average molecular weight is 316 g/mol. The third-order valence-electron chi connectivity index (χ3n) is 2.34. The Kier molecular flexibility index (Phi) is 5.09. The van der Waals surface area contributed by atoms with E-state index in [0.29, 0.717) is 15.8 Å². The second-order valence-electron chi connectivity index (χ2n) is 4.52. The van der Waals surface area contributed by atoms with Crippen LogP contribution < -0.4 is 11.5 Å². The van der Waals surface area contributed by atoms with E-state index in [9.17, 15) is 4.79 Å². The standard InChI is InChI=1S/C5H5N5S.C5H11NO2S/c6-5-9-3-2(4(11)10-5)7-1-8-3;1-5(2,9)3(6)4(7)8/h1H,(H4,6,7,8,9,10,11);3,9H,6H2,1-2H3,(H,7,8). The van der Waals surface area contributed by atoms with Gasteiger partial charge in [-0.3, -0.25) is 4.79 Å². The largest absolute Gasteiger partial charge is 0.480 e. The topological polar surface area (TPSA) is 147 Å². The molecule has 1 atom stereocenters. The summed E-state index contributed by atoms with van der Waals surface area (Å²) in [6, 6.07) is -0.902. The molecule has 10 heteroatoms. The zero-order chi connectivity index (χ0) is 15.5. The number of carbonyl (C=O) groups is 1. The van der Waals surface area contributed by atoms with E-state index in [-0.39, 0.29) is 5.95 Å². The maximum atomic E-state index is 10.2. The first-order valence-corrected chi connectivity index (χ1v) is 6.38. The molecule has 2 heterocycles. The van der Waals surface area contributed by atoms with Gasteiger partial charge in [0, 0.05) is 4.75 Å². The van der Waals surface area contributed by atoms with Gasteiger partial charge in [0.1, 0.15) is 16.2 Å². The maximum Gasteiger partial charge on any atom is 0.321 e. The molecule has 0 radical (unpaired) electrons. The van der Waals surface area contributed by atoms with E-state index in [0.717, 1.165) is 0 Å². The third kappa shape index (κ3) is 4.18. The Balaban J connectivity index is 0.000000206. The smallest absolute Gasteiger partial charge is 0.321 e. The lowest BCUT2D eigenvalue weighted by Gasteiger charge is -2.21. The molecule has 0 spiro atoms. The van der Waals surface area contributed by atoms with Crippen LogP contribution in [0.5, 0.6) is 0 Å². The number of carboxylic acids is 1. The van der Waals surface area contributed by atoms with Gasteiger partial charge in [-0.05, 0) is 13.8 Å². The van der Waals surface area contributed by atoms with Crippen molar-refractivity contribution in [2.24, 2.45) is 5.73 Å². The average Bonchev–Trinajstić information content (AvgIpc) is 2.75. The molecule has 2 rings (SSSR count). The molecule has 0 fully saturated rings. The molecular formula is C10H16N6O2S2. The minimum absolute atomic E-state index is 0.287. The van der Waals surface area contributed by atoms with Crippen LogP contribution in [-0.2, 0) is 4.79 Å². The van der Waals surface area contributed by atoms with E-state index in [1.165, 1.54) is 6.33 Å². The van der Waals surface area contributed by atoms with Crippen LogP contribution in [0.2, 0.25) is 0 Å². The molecule has 0 saturated heterocycles. The monoisotopic (exact) mass is 316 g/mol. The lowest BCUT2D eigenvalue weighted by Crippen LogP contribution is -2.45. The van der Waals surface area contributed by atoms with Gasteiger partial charge in [-0.25, -0.2) is 4.98 Å². The Labute approximate surface area is 125 Å². The van der Waals surface area contributed by atoms with Crippen molar-refractivity contribution < 1.29 is 9.90 Å². The number of H-pyrrole nitrogens is 2. The molecule has 0 aliphatic rings. The number of carboxylic acid groups (broad SMARTS) is 1. The Morgan fingerprint density at radius 2 is 2.20 bits per heavy atom. The molecule has 1 unspecified atom stereocenters. The Morgan fingerprint density at radius 1 is 1.60 bits per heavy atom. The van der Waals surface area contributed by atoms with Crippen LogP contribution in [0.3, 0.4) is 0 Å². The number of hydrogen-bond donors (Lipinski definition) is 6. The molecule has 0 aliphatic carbocycles. The zero-order valence-corrected chi connectivity index (χ0v) is 12.6. The van der Waals surface area contributed by atoms with Crippen molar-refractivity contribution in [1.29, 1.82) is 0 Å². The number of nitrogen functional groups attached to an aromatic ring is 1. The van der Waals surface area contributed by atoms with Crippen molar-refractivity contribution in [1.82, 2.24) is 19.9 Å². The molecular weight excluding hydrogens is 300 g/mol. The van der Waals surface area contributed by atoms with Crippen LogP contribution in [0.25, 0.3) is 11.2 Å². The van der Waals surface area contributed by atoms with Gasteiger partial charge in [0.25, 0.3) is 0 Å². The van der Waals surface area contributed by atoms with E-state index in [4.69, 9.17) is 28.8 Å². The number of nitrogens with zero attached hydrogens (tertiary/aromatic N) is 2. The SMILES string of the molecule is CC(C)(S)C(N)C(=O)O.Nc1nc2nc[nH]c2c(=S)[nH]1. The number of nitrogens with one attached hydrogen (secondary N) is 2. The number of fused-ring (bicyclic) bond motifs is 1. The summed E-state index contributed by atoms with van der Waals surface area (Å²) in [6.07, 6.45) is 1.53. The first kappa shape index (κ1) is 16.4. The molecule has 0 aromatic carbocycles.